The quantitative estimate of drug-likeness (QED) is 0.571. The van der Waals surface area contributed by atoms with E-state index in [0.29, 0.717) is 5.56 Å². The van der Waals surface area contributed by atoms with Crippen LogP contribution < -0.4 is 5.32 Å². The molecule has 0 radical (unpaired) electrons. The van der Waals surface area contributed by atoms with Crippen LogP contribution in [0.15, 0.2) is 42.6 Å². The van der Waals surface area contributed by atoms with Crippen molar-refractivity contribution in [3.05, 3.63) is 64.6 Å². The number of fused-ring (bicyclic) bond motifs is 1. The molecule has 1 aliphatic rings. The van der Waals surface area contributed by atoms with E-state index in [1.54, 1.807) is 6.20 Å². The van der Waals surface area contributed by atoms with E-state index < -0.39 is 12.0 Å². The highest BCUT2D eigenvalue weighted by molar-refractivity contribution is 6.34. The number of ether oxygens (including phenoxy) is 1. The minimum Gasteiger partial charge on any atom is -0.359 e. The molecule has 32 heavy (non-hydrogen) atoms. The maximum Gasteiger partial charge on any atom is 0.257 e. The van der Waals surface area contributed by atoms with Crippen LogP contribution in [0.3, 0.4) is 0 Å². The fourth-order valence-electron chi connectivity index (χ4n) is 4.27. The molecule has 6 nitrogen and oxygen atoms in total. The summed E-state index contributed by atoms with van der Waals surface area (Å²) < 4.78 is 22.0. The lowest BCUT2D eigenvalue weighted by atomic mass is 10.1. The van der Waals surface area contributed by atoms with Crippen LogP contribution >= 0.6 is 11.6 Å². The van der Waals surface area contributed by atoms with Crippen LogP contribution in [0, 0.1) is 5.82 Å². The number of Topliss-reactive ketones (excluding diaryl/α,β-unsaturated/α-hetero) is 1. The van der Waals surface area contributed by atoms with Gasteiger partial charge in [-0.25, -0.2) is 4.39 Å². The van der Waals surface area contributed by atoms with Gasteiger partial charge in [-0.15, -0.1) is 0 Å². The molecule has 0 bridgehead atoms. The van der Waals surface area contributed by atoms with Crippen molar-refractivity contribution in [3.63, 3.8) is 0 Å². The molecule has 8 heteroatoms. The molecule has 1 fully saturated rings. The normalized spacial score (nSPS) is 15.2. The number of hydrogen-bond acceptors (Lipinski definition) is 4. The van der Waals surface area contributed by atoms with E-state index in [4.69, 9.17) is 16.3 Å². The Morgan fingerprint density at radius 3 is 2.66 bits per heavy atom. The van der Waals surface area contributed by atoms with Gasteiger partial charge >= 0.3 is 0 Å². The Kier molecular flexibility index (Phi) is 6.60. The van der Waals surface area contributed by atoms with E-state index in [2.05, 4.69) is 5.32 Å². The first-order valence-corrected chi connectivity index (χ1v) is 10.9. The molecule has 0 aliphatic carbocycles. The Morgan fingerprint density at radius 2 is 1.94 bits per heavy atom. The second-order valence-corrected chi connectivity index (χ2v) is 8.43. The Bertz CT molecular complexity index is 1170. The van der Waals surface area contributed by atoms with Crippen LogP contribution in [-0.4, -0.2) is 47.6 Å². The lowest BCUT2D eigenvalue weighted by Gasteiger charge is -2.24. The van der Waals surface area contributed by atoms with Crippen LogP contribution in [0.5, 0.6) is 0 Å². The number of rotatable bonds is 7. The van der Waals surface area contributed by atoms with E-state index in [-0.39, 0.29) is 34.4 Å². The largest absolute Gasteiger partial charge is 0.359 e. The Morgan fingerprint density at radius 1 is 1.22 bits per heavy atom. The van der Waals surface area contributed by atoms with Crippen LogP contribution in [0.25, 0.3) is 10.9 Å². The first-order valence-electron chi connectivity index (χ1n) is 10.5. The number of halogens is 2. The summed E-state index contributed by atoms with van der Waals surface area (Å²) in [6.07, 6.45) is 2.91. The minimum absolute atomic E-state index is 0.141. The molecule has 1 saturated heterocycles. The zero-order chi connectivity index (χ0) is 22.8. The molecule has 2 aromatic carbocycles. The highest BCUT2D eigenvalue weighted by Crippen LogP contribution is 2.28. The number of aromatic nitrogens is 1. The zero-order valence-corrected chi connectivity index (χ0v) is 18.8. The number of benzene rings is 2. The molecule has 1 amide bonds. The first kappa shape index (κ1) is 22.5. The predicted octanol–water partition coefficient (Wildman–Crippen LogP) is 4.40. The van der Waals surface area contributed by atoms with Gasteiger partial charge in [0.25, 0.3) is 5.91 Å². The molecule has 4 rings (SSSR count). The lowest BCUT2D eigenvalue weighted by molar-refractivity contribution is -0.138. The third kappa shape index (κ3) is 4.41. The number of nitrogens with one attached hydrogen (secondary N) is 1. The van der Waals surface area contributed by atoms with Gasteiger partial charge in [0.2, 0.25) is 0 Å². The average Bonchev–Trinajstić information content (AvgIpc) is 3.41. The van der Waals surface area contributed by atoms with Crippen LogP contribution in [0.1, 0.15) is 28.8 Å². The number of anilines is 1. The SMILES string of the molecule is CO[C@@H](C(=O)Cc1cc(Cl)c(NC(=O)c2cn(C)c3ccccc23)cc1F)N1CCCC1. The number of likely N-dealkylation sites (tertiary alicyclic amines) is 1. The van der Waals surface area contributed by atoms with Gasteiger partial charge in [0.1, 0.15) is 5.82 Å². The van der Waals surface area contributed by atoms with Gasteiger partial charge in [-0.05, 0) is 36.6 Å². The summed E-state index contributed by atoms with van der Waals surface area (Å²) in [6, 6.07) is 10.1. The van der Waals surface area contributed by atoms with Gasteiger partial charge in [0.05, 0.1) is 16.3 Å². The number of aryl methyl sites for hydroxylation is 1. The molecule has 1 aromatic heterocycles. The maximum atomic E-state index is 14.8. The number of carbonyl (C=O) groups excluding carboxylic acids is 2. The monoisotopic (exact) mass is 457 g/mol. The summed E-state index contributed by atoms with van der Waals surface area (Å²) >= 11 is 6.34. The fourth-order valence-corrected chi connectivity index (χ4v) is 4.50. The van der Waals surface area contributed by atoms with E-state index in [9.17, 15) is 14.0 Å². The van der Waals surface area contributed by atoms with Crippen molar-refractivity contribution < 1.29 is 18.7 Å². The van der Waals surface area contributed by atoms with Gasteiger partial charge in [0.15, 0.2) is 12.0 Å². The number of methoxy groups -OCH3 is 1. The number of hydrogen-bond donors (Lipinski definition) is 1. The number of carbonyl (C=O) groups is 2. The highest BCUT2D eigenvalue weighted by Gasteiger charge is 2.28. The molecule has 1 atom stereocenters. The topological polar surface area (TPSA) is 63.6 Å². The molecule has 0 saturated carbocycles. The lowest BCUT2D eigenvalue weighted by Crippen LogP contribution is -2.41. The van der Waals surface area contributed by atoms with Crippen molar-refractivity contribution in [1.29, 1.82) is 0 Å². The summed E-state index contributed by atoms with van der Waals surface area (Å²) in [4.78, 5) is 27.5. The zero-order valence-electron chi connectivity index (χ0n) is 18.0. The van der Waals surface area contributed by atoms with Crippen molar-refractivity contribution in [1.82, 2.24) is 9.47 Å². The first-order chi connectivity index (χ1) is 15.4. The van der Waals surface area contributed by atoms with Crippen molar-refractivity contribution >= 4 is 39.9 Å². The number of ketones is 1. The highest BCUT2D eigenvalue weighted by atomic mass is 35.5. The van der Waals surface area contributed by atoms with Crippen molar-refractivity contribution in [2.45, 2.75) is 25.5 Å². The number of para-hydroxylation sites is 1. The molecule has 3 aromatic rings. The summed E-state index contributed by atoms with van der Waals surface area (Å²) in [5.41, 5.74) is 1.70. The molecule has 1 N–H and O–H groups in total. The molecule has 2 heterocycles. The molecule has 1 aliphatic heterocycles. The minimum atomic E-state index is -0.693. The predicted molar refractivity (Wildman–Crippen MR) is 123 cm³/mol. The summed E-state index contributed by atoms with van der Waals surface area (Å²) in [7, 11) is 3.34. The van der Waals surface area contributed by atoms with Crippen LogP contribution in [-0.2, 0) is 23.0 Å². The van der Waals surface area contributed by atoms with Gasteiger partial charge in [0, 0.05) is 50.8 Å². The van der Waals surface area contributed by atoms with Gasteiger partial charge in [-0.2, -0.15) is 0 Å². The summed E-state index contributed by atoms with van der Waals surface area (Å²) in [6.45, 7) is 1.57. The molecule has 0 spiro atoms. The third-order valence-electron chi connectivity index (χ3n) is 5.86. The van der Waals surface area contributed by atoms with Crippen molar-refractivity contribution in [3.8, 4) is 0 Å². The van der Waals surface area contributed by atoms with E-state index in [0.717, 1.165) is 42.9 Å². The Balaban J connectivity index is 1.52. The summed E-state index contributed by atoms with van der Waals surface area (Å²) in [5, 5.41) is 3.65. The van der Waals surface area contributed by atoms with E-state index >= 15 is 0 Å². The fraction of sp³-hybridized carbons (Fsp3) is 0.333. The van der Waals surface area contributed by atoms with Gasteiger partial charge < -0.3 is 14.6 Å². The van der Waals surface area contributed by atoms with E-state index in [1.165, 1.54) is 13.2 Å². The maximum absolute atomic E-state index is 14.8. The number of amides is 1. The Hall–Kier alpha value is -2.74. The second-order valence-electron chi connectivity index (χ2n) is 8.02. The van der Waals surface area contributed by atoms with Crippen molar-refractivity contribution in [2.24, 2.45) is 7.05 Å². The number of nitrogens with zero attached hydrogens (tertiary/aromatic N) is 2. The van der Waals surface area contributed by atoms with Gasteiger partial charge in [-0.3, -0.25) is 14.5 Å². The summed E-state index contributed by atoms with van der Waals surface area (Å²) in [5.74, 6) is -1.22. The van der Waals surface area contributed by atoms with Crippen molar-refractivity contribution in [2.75, 3.05) is 25.5 Å². The van der Waals surface area contributed by atoms with Crippen LogP contribution in [0.2, 0.25) is 5.02 Å². The third-order valence-corrected chi connectivity index (χ3v) is 6.17. The molecular formula is C24H25ClFN3O3. The van der Waals surface area contributed by atoms with Gasteiger partial charge in [-0.1, -0.05) is 29.8 Å². The molecule has 0 unspecified atom stereocenters. The molecular weight excluding hydrogens is 433 g/mol. The standard InChI is InChI=1S/C24H25ClFN3O3/c1-28-14-17(16-7-3-4-8-21(16)28)23(31)27-20-13-19(26)15(11-18(20)25)12-22(30)24(32-2)29-9-5-6-10-29/h3-4,7-8,11,13-14,24H,5-6,9-10,12H2,1-2H3,(H,27,31)/t24-/m0/s1. The van der Waals surface area contributed by atoms with E-state index in [1.807, 2.05) is 40.8 Å². The smallest absolute Gasteiger partial charge is 0.257 e. The van der Waals surface area contributed by atoms with Crippen LogP contribution in [0.4, 0.5) is 10.1 Å². The molecule has 168 valence electrons. The average molecular weight is 458 g/mol. The second kappa shape index (κ2) is 9.40. The Labute approximate surface area is 190 Å².